The van der Waals surface area contributed by atoms with Crippen molar-refractivity contribution in [3.05, 3.63) is 83.0 Å². The highest BCUT2D eigenvalue weighted by molar-refractivity contribution is 6.31. The van der Waals surface area contributed by atoms with E-state index in [9.17, 15) is 14.4 Å². The first-order valence-corrected chi connectivity index (χ1v) is 12.4. The zero-order chi connectivity index (χ0) is 26.6. The summed E-state index contributed by atoms with van der Waals surface area (Å²) in [4.78, 5) is 40.4. The number of anilines is 3. The van der Waals surface area contributed by atoms with Gasteiger partial charge in [-0.3, -0.25) is 15.2 Å². The second-order valence-corrected chi connectivity index (χ2v) is 9.53. The van der Waals surface area contributed by atoms with Crippen LogP contribution in [0.4, 0.5) is 26.7 Å². The number of aromatic amines is 1. The van der Waals surface area contributed by atoms with Crippen molar-refractivity contribution in [2.75, 3.05) is 22.5 Å². The molecule has 10 nitrogen and oxygen atoms in total. The van der Waals surface area contributed by atoms with E-state index in [1.165, 1.54) is 4.90 Å². The van der Waals surface area contributed by atoms with E-state index in [1.807, 2.05) is 0 Å². The molecule has 2 atom stereocenters. The maximum absolute atomic E-state index is 13.3. The molecule has 1 saturated heterocycles. The van der Waals surface area contributed by atoms with Gasteiger partial charge in [-0.1, -0.05) is 23.2 Å². The lowest BCUT2D eigenvalue weighted by atomic mass is 10.1. The van der Waals surface area contributed by atoms with Gasteiger partial charge >= 0.3 is 12.1 Å². The van der Waals surface area contributed by atoms with Crippen molar-refractivity contribution in [2.45, 2.75) is 18.6 Å². The third-order valence-corrected chi connectivity index (χ3v) is 6.50. The Morgan fingerprint density at radius 1 is 0.868 bits per heavy atom. The Kier molecular flexibility index (Phi) is 7.34. The van der Waals surface area contributed by atoms with E-state index in [1.54, 1.807) is 72.9 Å². The fraction of sp³-hybridized carbons (Fsp3) is 0.154. The molecule has 1 aliphatic heterocycles. The number of nitrogens with one attached hydrogen (secondary N) is 4. The van der Waals surface area contributed by atoms with E-state index >= 15 is 0 Å². The van der Waals surface area contributed by atoms with Crippen LogP contribution in [0.25, 0.3) is 10.9 Å². The maximum Gasteiger partial charge on any atom is 0.411 e. The number of fused-ring (bicyclic) bond motifs is 1. The monoisotopic (exact) mass is 552 g/mol. The Labute approximate surface area is 227 Å². The van der Waals surface area contributed by atoms with E-state index in [0.717, 1.165) is 10.9 Å². The standard InChI is InChI=1S/C26H22Cl2N6O4/c27-16-1-5-18(6-2-16)31-25(36)34-14-21(38-26(37)32-19-7-3-17(28)4-8-19)12-23(34)24(35)30-20-9-10-22-15(11-20)13-29-33-22/h1-11,13,21,23H,12,14H2,(H,29,33)(H,30,35)(H,31,36)(H,32,37)/t21-,23+/m0/s1. The molecule has 0 unspecified atom stereocenters. The first kappa shape index (κ1) is 25.4. The number of rotatable bonds is 5. The molecule has 5 rings (SSSR count). The molecule has 1 fully saturated rings. The van der Waals surface area contributed by atoms with Gasteiger partial charge in [0.05, 0.1) is 18.3 Å². The molecule has 4 N–H and O–H groups in total. The van der Waals surface area contributed by atoms with Gasteiger partial charge in [-0.05, 0) is 66.7 Å². The van der Waals surface area contributed by atoms with Crippen molar-refractivity contribution >= 4 is 69.2 Å². The Morgan fingerprint density at radius 2 is 1.50 bits per heavy atom. The van der Waals surface area contributed by atoms with Crippen molar-refractivity contribution < 1.29 is 19.1 Å². The van der Waals surface area contributed by atoms with Gasteiger partial charge in [0.25, 0.3) is 0 Å². The molecule has 3 aromatic carbocycles. The van der Waals surface area contributed by atoms with Crippen LogP contribution in [0, 0.1) is 0 Å². The molecular formula is C26H22Cl2N6O4. The van der Waals surface area contributed by atoms with Crippen LogP contribution >= 0.6 is 23.2 Å². The molecule has 0 saturated carbocycles. The van der Waals surface area contributed by atoms with E-state index < -0.39 is 30.2 Å². The molecule has 4 amide bonds. The van der Waals surface area contributed by atoms with Gasteiger partial charge in [0.1, 0.15) is 12.1 Å². The number of hydrogen-bond donors (Lipinski definition) is 4. The number of halogens is 2. The number of likely N-dealkylation sites (tertiary alicyclic amines) is 1. The Bertz CT molecular complexity index is 1480. The zero-order valence-corrected chi connectivity index (χ0v) is 21.3. The molecule has 1 aromatic heterocycles. The number of aromatic nitrogens is 2. The molecule has 38 heavy (non-hydrogen) atoms. The number of carbonyl (C=O) groups is 3. The number of amides is 4. The topological polar surface area (TPSA) is 128 Å². The minimum Gasteiger partial charge on any atom is -0.444 e. The molecule has 194 valence electrons. The molecular weight excluding hydrogens is 531 g/mol. The number of nitrogens with zero attached hydrogens (tertiary/aromatic N) is 2. The van der Waals surface area contributed by atoms with Crippen LogP contribution in [-0.4, -0.2) is 51.8 Å². The summed E-state index contributed by atoms with van der Waals surface area (Å²) >= 11 is 11.8. The Hall–Kier alpha value is -4.28. The van der Waals surface area contributed by atoms with Crippen LogP contribution in [0.1, 0.15) is 6.42 Å². The van der Waals surface area contributed by atoms with Crippen LogP contribution in [0.3, 0.4) is 0 Å². The van der Waals surface area contributed by atoms with Crippen molar-refractivity contribution in [3.63, 3.8) is 0 Å². The minimum atomic E-state index is -0.893. The molecule has 12 heteroatoms. The lowest BCUT2D eigenvalue weighted by molar-refractivity contribution is -0.119. The minimum absolute atomic E-state index is 0.0202. The van der Waals surface area contributed by atoms with E-state index in [2.05, 4.69) is 26.1 Å². The van der Waals surface area contributed by atoms with Crippen molar-refractivity contribution in [2.24, 2.45) is 0 Å². The molecule has 4 aromatic rings. The van der Waals surface area contributed by atoms with E-state index in [4.69, 9.17) is 27.9 Å². The molecule has 1 aliphatic rings. The predicted molar refractivity (Wildman–Crippen MR) is 146 cm³/mol. The highest BCUT2D eigenvalue weighted by atomic mass is 35.5. The predicted octanol–water partition coefficient (Wildman–Crippen LogP) is 5.73. The van der Waals surface area contributed by atoms with Crippen LogP contribution in [0.5, 0.6) is 0 Å². The lowest BCUT2D eigenvalue weighted by Gasteiger charge is -2.24. The summed E-state index contributed by atoms with van der Waals surface area (Å²) in [6.07, 6.45) is 0.337. The number of urea groups is 1. The van der Waals surface area contributed by atoms with Crippen molar-refractivity contribution in [1.29, 1.82) is 0 Å². The van der Waals surface area contributed by atoms with Gasteiger partial charge in [0, 0.05) is 38.9 Å². The van der Waals surface area contributed by atoms with Crippen LogP contribution in [-0.2, 0) is 9.53 Å². The first-order chi connectivity index (χ1) is 18.3. The first-order valence-electron chi connectivity index (χ1n) is 11.6. The Balaban J connectivity index is 1.30. The number of ether oxygens (including phenoxy) is 1. The van der Waals surface area contributed by atoms with Gasteiger partial charge in [-0.25, -0.2) is 9.59 Å². The smallest absolute Gasteiger partial charge is 0.411 e. The third-order valence-electron chi connectivity index (χ3n) is 5.99. The SMILES string of the molecule is O=C(Nc1ccc(Cl)cc1)O[C@H]1C[C@H](C(=O)Nc2ccc3[nH]ncc3c2)N(C(=O)Nc2ccc(Cl)cc2)C1. The molecule has 0 aliphatic carbocycles. The summed E-state index contributed by atoms with van der Waals surface area (Å²) in [6.45, 7) is 0.0202. The Morgan fingerprint density at radius 3 is 2.18 bits per heavy atom. The quantitative estimate of drug-likeness (QED) is 0.251. The number of H-pyrrole nitrogens is 1. The van der Waals surface area contributed by atoms with E-state index in [0.29, 0.717) is 27.1 Å². The fourth-order valence-corrected chi connectivity index (χ4v) is 4.41. The summed E-state index contributed by atoms with van der Waals surface area (Å²) in [5.74, 6) is -0.414. The summed E-state index contributed by atoms with van der Waals surface area (Å²) < 4.78 is 5.56. The second-order valence-electron chi connectivity index (χ2n) is 8.66. The normalized spacial score (nSPS) is 16.7. The lowest BCUT2D eigenvalue weighted by Crippen LogP contribution is -2.45. The van der Waals surface area contributed by atoms with Crippen LogP contribution < -0.4 is 16.0 Å². The molecule has 0 radical (unpaired) electrons. The van der Waals surface area contributed by atoms with Crippen LogP contribution in [0.2, 0.25) is 10.0 Å². The second kappa shape index (κ2) is 11.0. The van der Waals surface area contributed by atoms with E-state index in [-0.39, 0.29) is 13.0 Å². The van der Waals surface area contributed by atoms with Crippen molar-refractivity contribution in [3.8, 4) is 0 Å². The number of carbonyl (C=O) groups excluding carboxylic acids is 3. The van der Waals surface area contributed by atoms with Gasteiger partial charge in [-0.15, -0.1) is 0 Å². The highest BCUT2D eigenvalue weighted by Crippen LogP contribution is 2.25. The fourth-order valence-electron chi connectivity index (χ4n) is 4.16. The average molecular weight is 553 g/mol. The molecule has 0 spiro atoms. The summed E-state index contributed by atoms with van der Waals surface area (Å²) in [6, 6.07) is 17.0. The largest absolute Gasteiger partial charge is 0.444 e. The highest BCUT2D eigenvalue weighted by Gasteiger charge is 2.41. The zero-order valence-electron chi connectivity index (χ0n) is 19.8. The maximum atomic E-state index is 13.3. The van der Waals surface area contributed by atoms with Crippen LogP contribution in [0.15, 0.2) is 72.9 Å². The molecule has 2 heterocycles. The number of benzene rings is 3. The van der Waals surface area contributed by atoms with Gasteiger partial charge in [-0.2, -0.15) is 5.10 Å². The molecule has 0 bridgehead atoms. The van der Waals surface area contributed by atoms with Gasteiger partial charge in [0.2, 0.25) is 5.91 Å². The summed E-state index contributed by atoms with van der Waals surface area (Å²) in [5.41, 5.74) is 2.38. The van der Waals surface area contributed by atoms with Crippen molar-refractivity contribution in [1.82, 2.24) is 15.1 Å². The number of hydrogen-bond acceptors (Lipinski definition) is 5. The summed E-state index contributed by atoms with van der Waals surface area (Å²) in [7, 11) is 0. The van der Waals surface area contributed by atoms with Gasteiger partial charge in [0.15, 0.2) is 0 Å². The average Bonchev–Trinajstić information content (AvgIpc) is 3.54. The van der Waals surface area contributed by atoms with Gasteiger partial charge < -0.3 is 20.3 Å². The summed E-state index contributed by atoms with van der Waals surface area (Å²) in [5, 5.41) is 17.0. The third kappa shape index (κ3) is 5.99.